The van der Waals surface area contributed by atoms with Crippen molar-refractivity contribution in [3.05, 3.63) is 11.7 Å². The van der Waals surface area contributed by atoms with Crippen LogP contribution in [0.5, 0.6) is 0 Å². The Kier molecular flexibility index (Phi) is 7.56. The van der Waals surface area contributed by atoms with Crippen LogP contribution in [-0.2, 0) is 9.47 Å². The summed E-state index contributed by atoms with van der Waals surface area (Å²) in [6, 6.07) is -0.149. The number of rotatable bonds is 11. The average Bonchev–Trinajstić information content (AvgIpc) is 3.41. The highest BCUT2D eigenvalue weighted by molar-refractivity contribution is 5.96. The zero-order chi connectivity index (χ0) is 20.0. The van der Waals surface area contributed by atoms with Crippen molar-refractivity contribution in [1.82, 2.24) is 20.4 Å². The van der Waals surface area contributed by atoms with Gasteiger partial charge in [0.25, 0.3) is 0 Å². The lowest BCUT2D eigenvalue weighted by Crippen LogP contribution is -2.48. The molecule has 0 radical (unpaired) electrons. The molecule has 1 saturated carbocycles. The molecule has 0 amide bonds. The molecule has 2 aliphatic rings. The minimum absolute atomic E-state index is 0.00631. The maximum atomic E-state index is 12.9. The SMILES string of the molecule is COCOCC(C)(C)NCCN1CCCC1C(=O)c1noc(C2CCCC2)n1. The van der Waals surface area contributed by atoms with Crippen LogP contribution in [0.15, 0.2) is 4.52 Å². The van der Waals surface area contributed by atoms with E-state index in [1.165, 1.54) is 12.8 Å². The van der Waals surface area contributed by atoms with Crippen molar-refractivity contribution in [2.45, 2.75) is 69.9 Å². The van der Waals surface area contributed by atoms with Crippen molar-refractivity contribution in [3.63, 3.8) is 0 Å². The molecule has 1 atom stereocenters. The van der Waals surface area contributed by atoms with Gasteiger partial charge in [0.1, 0.15) is 6.79 Å². The van der Waals surface area contributed by atoms with Gasteiger partial charge in [-0.15, -0.1) is 0 Å². The summed E-state index contributed by atoms with van der Waals surface area (Å²) in [6.45, 7) is 7.56. The quantitative estimate of drug-likeness (QED) is 0.348. The van der Waals surface area contributed by atoms with E-state index in [0.717, 1.165) is 45.3 Å². The summed E-state index contributed by atoms with van der Waals surface area (Å²) in [6.07, 6.45) is 6.44. The Morgan fingerprint density at radius 2 is 2.07 bits per heavy atom. The number of ketones is 1. The Balaban J connectivity index is 1.49. The summed E-state index contributed by atoms with van der Waals surface area (Å²) < 4.78 is 15.8. The fraction of sp³-hybridized carbons (Fsp3) is 0.850. The second kappa shape index (κ2) is 9.91. The van der Waals surface area contributed by atoms with Crippen LogP contribution in [0.1, 0.15) is 74.8 Å². The Morgan fingerprint density at radius 1 is 1.29 bits per heavy atom. The number of hydrogen-bond donors (Lipinski definition) is 1. The third-order valence-corrected chi connectivity index (χ3v) is 5.70. The molecular formula is C20H34N4O4. The molecule has 8 heteroatoms. The highest BCUT2D eigenvalue weighted by Gasteiger charge is 2.34. The molecular weight excluding hydrogens is 360 g/mol. The van der Waals surface area contributed by atoms with E-state index in [2.05, 4.69) is 34.2 Å². The van der Waals surface area contributed by atoms with Crippen LogP contribution in [0.25, 0.3) is 0 Å². The van der Waals surface area contributed by atoms with Crippen LogP contribution in [-0.4, -0.2) is 72.5 Å². The van der Waals surface area contributed by atoms with Gasteiger partial charge in [-0.25, -0.2) is 0 Å². The third kappa shape index (κ3) is 5.59. The van der Waals surface area contributed by atoms with Crippen LogP contribution < -0.4 is 5.32 Å². The minimum atomic E-state index is -0.151. The van der Waals surface area contributed by atoms with E-state index in [0.29, 0.717) is 25.2 Å². The van der Waals surface area contributed by atoms with Gasteiger partial charge in [0.15, 0.2) is 0 Å². The number of Topliss-reactive ketones (excluding diaryl/α,β-unsaturated/α-hetero) is 1. The number of methoxy groups -OCH3 is 1. The van der Waals surface area contributed by atoms with E-state index >= 15 is 0 Å². The molecule has 0 aromatic carbocycles. The lowest BCUT2D eigenvalue weighted by Gasteiger charge is -2.28. The molecule has 1 unspecified atom stereocenters. The van der Waals surface area contributed by atoms with Gasteiger partial charge in [0.2, 0.25) is 17.5 Å². The Bertz CT molecular complexity index is 627. The summed E-state index contributed by atoms with van der Waals surface area (Å²) in [5.41, 5.74) is -0.151. The standard InChI is InChI=1S/C20H34N4O4/c1-20(2,13-27-14-26-3)21-10-12-24-11-6-9-16(24)17(25)18-22-19(28-23-18)15-7-4-5-8-15/h15-16,21H,4-14H2,1-3H3. The smallest absolute Gasteiger partial charge is 0.240 e. The van der Waals surface area contributed by atoms with Gasteiger partial charge < -0.3 is 19.3 Å². The second-order valence-electron chi connectivity index (χ2n) is 8.56. The summed E-state index contributed by atoms with van der Waals surface area (Å²) >= 11 is 0. The van der Waals surface area contributed by atoms with Gasteiger partial charge in [-0.3, -0.25) is 9.69 Å². The predicted octanol–water partition coefficient (Wildman–Crippen LogP) is 2.36. The summed E-state index contributed by atoms with van der Waals surface area (Å²) in [5, 5.41) is 7.50. The van der Waals surface area contributed by atoms with Gasteiger partial charge in [-0.2, -0.15) is 4.98 Å². The number of nitrogens with zero attached hydrogens (tertiary/aromatic N) is 3. The molecule has 1 N–H and O–H groups in total. The number of nitrogens with one attached hydrogen (secondary N) is 1. The van der Waals surface area contributed by atoms with E-state index in [1.807, 2.05) is 0 Å². The van der Waals surface area contributed by atoms with Crippen molar-refractivity contribution in [2.24, 2.45) is 0 Å². The number of hydrogen-bond acceptors (Lipinski definition) is 8. The molecule has 1 aliphatic carbocycles. The van der Waals surface area contributed by atoms with Crippen LogP contribution in [0.4, 0.5) is 0 Å². The molecule has 2 fully saturated rings. The van der Waals surface area contributed by atoms with E-state index < -0.39 is 0 Å². The molecule has 0 spiro atoms. The minimum Gasteiger partial charge on any atom is -0.359 e. The van der Waals surface area contributed by atoms with Crippen molar-refractivity contribution >= 4 is 5.78 Å². The number of ether oxygens (including phenoxy) is 2. The number of likely N-dealkylation sites (tertiary alicyclic amines) is 1. The fourth-order valence-electron chi connectivity index (χ4n) is 4.18. The summed E-state index contributed by atoms with van der Waals surface area (Å²) in [5.74, 6) is 1.22. The van der Waals surface area contributed by atoms with Crippen molar-refractivity contribution in [3.8, 4) is 0 Å². The predicted molar refractivity (Wildman–Crippen MR) is 104 cm³/mol. The number of carbonyl (C=O) groups excluding carboxylic acids is 1. The molecule has 1 aromatic rings. The van der Waals surface area contributed by atoms with Crippen LogP contribution in [0.3, 0.4) is 0 Å². The molecule has 28 heavy (non-hydrogen) atoms. The monoisotopic (exact) mass is 394 g/mol. The normalized spacial score (nSPS) is 21.6. The highest BCUT2D eigenvalue weighted by atomic mass is 16.7. The summed E-state index contributed by atoms with van der Waals surface area (Å²) in [7, 11) is 1.62. The van der Waals surface area contributed by atoms with E-state index in [-0.39, 0.29) is 23.2 Å². The van der Waals surface area contributed by atoms with Crippen LogP contribution in [0.2, 0.25) is 0 Å². The van der Waals surface area contributed by atoms with E-state index in [9.17, 15) is 4.79 Å². The van der Waals surface area contributed by atoms with Crippen LogP contribution >= 0.6 is 0 Å². The average molecular weight is 395 g/mol. The molecule has 1 saturated heterocycles. The first-order valence-electron chi connectivity index (χ1n) is 10.4. The molecule has 2 heterocycles. The molecule has 0 bridgehead atoms. The number of aromatic nitrogens is 2. The van der Waals surface area contributed by atoms with Crippen molar-refractivity contribution in [2.75, 3.05) is 40.1 Å². The van der Waals surface area contributed by atoms with Gasteiger partial charge in [0, 0.05) is 31.7 Å². The highest BCUT2D eigenvalue weighted by Crippen LogP contribution is 2.33. The Morgan fingerprint density at radius 3 is 2.82 bits per heavy atom. The summed E-state index contributed by atoms with van der Waals surface area (Å²) in [4.78, 5) is 19.6. The van der Waals surface area contributed by atoms with Gasteiger partial charge >= 0.3 is 0 Å². The topological polar surface area (TPSA) is 89.7 Å². The van der Waals surface area contributed by atoms with Crippen LogP contribution in [0, 0.1) is 0 Å². The van der Waals surface area contributed by atoms with Gasteiger partial charge in [0.05, 0.1) is 12.6 Å². The molecule has 1 aromatic heterocycles. The third-order valence-electron chi connectivity index (χ3n) is 5.70. The Hall–Kier alpha value is -1.35. The van der Waals surface area contributed by atoms with E-state index in [1.54, 1.807) is 7.11 Å². The van der Waals surface area contributed by atoms with E-state index in [4.69, 9.17) is 14.0 Å². The van der Waals surface area contributed by atoms with Gasteiger partial charge in [-0.05, 0) is 46.1 Å². The lowest BCUT2D eigenvalue weighted by molar-refractivity contribution is -0.0487. The van der Waals surface area contributed by atoms with Crippen molar-refractivity contribution < 1.29 is 18.8 Å². The maximum absolute atomic E-state index is 12.9. The van der Waals surface area contributed by atoms with Gasteiger partial charge in [-0.1, -0.05) is 18.0 Å². The molecule has 1 aliphatic heterocycles. The largest absolute Gasteiger partial charge is 0.359 e. The Labute approximate surface area is 167 Å². The fourth-order valence-corrected chi connectivity index (χ4v) is 4.18. The second-order valence-corrected chi connectivity index (χ2v) is 8.56. The number of carbonyl (C=O) groups is 1. The zero-order valence-corrected chi connectivity index (χ0v) is 17.4. The lowest BCUT2D eigenvalue weighted by atomic mass is 10.1. The van der Waals surface area contributed by atoms with Crippen molar-refractivity contribution in [1.29, 1.82) is 0 Å². The molecule has 158 valence electrons. The first-order valence-corrected chi connectivity index (χ1v) is 10.4. The maximum Gasteiger partial charge on any atom is 0.240 e. The molecule has 3 rings (SSSR count). The molecule has 8 nitrogen and oxygen atoms in total. The zero-order valence-electron chi connectivity index (χ0n) is 17.4. The first kappa shape index (κ1) is 21.4. The first-order chi connectivity index (χ1) is 13.5.